The van der Waals surface area contributed by atoms with E-state index in [0.717, 1.165) is 23.9 Å². The monoisotopic (exact) mass is 209 g/mol. The van der Waals surface area contributed by atoms with Gasteiger partial charge < -0.3 is 4.90 Å². The van der Waals surface area contributed by atoms with Crippen molar-refractivity contribution in [1.82, 2.24) is 4.90 Å². The maximum atomic E-state index is 5.87. The first kappa shape index (κ1) is 10.6. The molecule has 3 heteroatoms. The number of piperidine rings is 1. The zero-order valence-electron chi connectivity index (χ0n) is 7.50. The third-order valence-electron chi connectivity index (χ3n) is 3.41. The van der Waals surface area contributed by atoms with E-state index in [9.17, 15) is 0 Å². The molecule has 2 fully saturated rings. The molecule has 2 rings (SSSR count). The van der Waals surface area contributed by atoms with Gasteiger partial charge >= 0.3 is 0 Å². The lowest BCUT2D eigenvalue weighted by Gasteiger charge is -2.35. The van der Waals surface area contributed by atoms with Gasteiger partial charge in [0.1, 0.15) is 0 Å². The van der Waals surface area contributed by atoms with E-state index in [1.54, 1.807) is 0 Å². The predicted octanol–water partition coefficient (Wildman–Crippen LogP) is 2.52. The number of hydrogen-bond acceptors (Lipinski definition) is 1. The molecule has 72 valence electrons. The van der Waals surface area contributed by atoms with Crippen molar-refractivity contribution in [2.24, 2.45) is 5.92 Å². The normalized spacial score (nSPS) is 41.0. The summed E-state index contributed by atoms with van der Waals surface area (Å²) in [5.41, 5.74) is 0. The molecular weight excluding hydrogens is 193 g/mol. The highest BCUT2D eigenvalue weighted by molar-refractivity contribution is 6.18. The minimum atomic E-state index is 0. The molecule has 0 N–H and O–H groups in total. The van der Waals surface area contributed by atoms with Gasteiger partial charge in [-0.2, -0.15) is 0 Å². The van der Waals surface area contributed by atoms with Gasteiger partial charge in [0.15, 0.2) is 0 Å². The second-order valence-electron chi connectivity index (χ2n) is 4.04. The Morgan fingerprint density at radius 2 is 1.75 bits per heavy atom. The van der Waals surface area contributed by atoms with Crippen LogP contribution in [0, 0.1) is 5.92 Å². The van der Waals surface area contributed by atoms with Gasteiger partial charge in [-0.05, 0) is 38.6 Å². The topological polar surface area (TPSA) is 3.24 Å². The Bertz CT molecular complexity index is 137. The Morgan fingerprint density at radius 1 is 1.25 bits per heavy atom. The molecule has 2 aliphatic rings. The van der Waals surface area contributed by atoms with Gasteiger partial charge in [-0.25, -0.2) is 0 Å². The van der Waals surface area contributed by atoms with Crippen LogP contribution in [0.1, 0.15) is 25.7 Å². The van der Waals surface area contributed by atoms with Crippen molar-refractivity contribution >= 4 is 24.0 Å². The van der Waals surface area contributed by atoms with Crippen molar-refractivity contribution in [3.63, 3.8) is 0 Å². The van der Waals surface area contributed by atoms with Gasteiger partial charge in [-0.15, -0.1) is 24.0 Å². The molecule has 2 bridgehead atoms. The van der Waals surface area contributed by atoms with E-state index >= 15 is 0 Å². The Hall–Kier alpha value is 0.540. The second-order valence-corrected chi connectivity index (χ2v) is 4.35. The Kier molecular flexibility index (Phi) is 3.69. The average Bonchev–Trinajstić information content (AvgIpc) is 2.26. The number of fused-ring (bicyclic) bond motifs is 2. The highest BCUT2D eigenvalue weighted by Crippen LogP contribution is 2.37. The van der Waals surface area contributed by atoms with E-state index in [1.807, 2.05) is 0 Å². The molecule has 2 heterocycles. The average molecular weight is 210 g/mol. The van der Waals surface area contributed by atoms with E-state index in [4.69, 9.17) is 11.6 Å². The van der Waals surface area contributed by atoms with Crippen LogP contribution in [0.3, 0.4) is 0 Å². The van der Waals surface area contributed by atoms with Crippen molar-refractivity contribution in [2.45, 2.75) is 37.8 Å². The molecule has 0 amide bonds. The maximum Gasteiger partial charge on any atom is 0.0252 e. The summed E-state index contributed by atoms with van der Waals surface area (Å²) in [6, 6.07) is 1.72. The third-order valence-corrected chi connectivity index (χ3v) is 3.85. The Balaban J connectivity index is 0.000000720. The van der Waals surface area contributed by atoms with Gasteiger partial charge in [0.05, 0.1) is 0 Å². The van der Waals surface area contributed by atoms with Gasteiger partial charge in [-0.1, -0.05) is 0 Å². The number of rotatable bonds is 1. The van der Waals surface area contributed by atoms with Crippen molar-refractivity contribution in [1.29, 1.82) is 0 Å². The second kappa shape index (κ2) is 4.17. The summed E-state index contributed by atoms with van der Waals surface area (Å²) in [4.78, 5) is 2.56. The van der Waals surface area contributed by atoms with Crippen molar-refractivity contribution < 1.29 is 0 Å². The first-order valence-electron chi connectivity index (χ1n) is 4.59. The molecule has 2 saturated heterocycles. The molecule has 0 aromatic carbocycles. The highest BCUT2D eigenvalue weighted by Gasteiger charge is 2.37. The minimum Gasteiger partial charge on any atom is -0.300 e. The zero-order valence-corrected chi connectivity index (χ0v) is 9.07. The van der Waals surface area contributed by atoms with E-state index in [0.29, 0.717) is 0 Å². The molecule has 1 nitrogen and oxygen atoms in total. The van der Waals surface area contributed by atoms with Crippen molar-refractivity contribution in [3.05, 3.63) is 0 Å². The molecule has 0 aliphatic carbocycles. The Labute approximate surface area is 85.9 Å². The number of nitrogens with zero attached hydrogens (tertiary/aromatic N) is 1. The molecule has 2 atom stereocenters. The summed E-state index contributed by atoms with van der Waals surface area (Å²) in [5, 5.41) is 0. The minimum absolute atomic E-state index is 0. The van der Waals surface area contributed by atoms with Gasteiger partial charge in [0.2, 0.25) is 0 Å². The molecule has 12 heavy (non-hydrogen) atoms. The maximum absolute atomic E-state index is 5.87. The summed E-state index contributed by atoms with van der Waals surface area (Å²) in [5.74, 6) is 1.69. The number of halogens is 2. The molecule has 2 unspecified atom stereocenters. The van der Waals surface area contributed by atoms with Crippen LogP contribution < -0.4 is 0 Å². The van der Waals surface area contributed by atoms with Crippen molar-refractivity contribution in [2.75, 3.05) is 12.9 Å². The standard InChI is InChI=1S/C9H16ClN.ClH/c1-11-8-2-3-9(11)5-7(4-8)6-10;/h7-9H,2-6H2,1H3;1H. The number of alkyl halides is 1. The first-order valence-corrected chi connectivity index (χ1v) is 5.12. The van der Waals surface area contributed by atoms with Crippen LogP contribution in [0.4, 0.5) is 0 Å². The summed E-state index contributed by atoms with van der Waals surface area (Å²) >= 11 is 5.87. The lowest BCUT2D eigenvalue weighted by molar-refractivity contribution is 0.143. The van der Waals surface area contributed by atoms with Crippen LogP contribution >= 0.6 is 24.0 Å². The number of hydrogen-bond donors (Lipinski definition) is 0. The smallest absolute Gasteiger partial charge is 0.0252 e. The van der Waals surface area contributed by atoms with E-state index in [2.05, 4.69) is 11.9 Å². The predicted molar refractivity (Wildman–Crippen MR) is 55.3 cm³/mol. The quantitative estimate of drug-likeness (QED) is 0.601. The van der Waals surface area contributed by atoms with E-state index < -0.39 is 0 Å². The molecule has 0 radical (unpaired) electrons. The van der Waals surface area contributed by atoms with Crippen LogP contribution in [0.2, 0.25) is 0 Å². The van der Waals surface area contributed by atoms with Crippen LogP contribution in [-0.4, -0.2) is 29.9 Å². The van der Waals surface area contributed by atoms with E-state index in [1.165, 1.54) is 25.7 Å². The van der Waals surface area contributed by atoms with Crippen LogP contribution in [0.25, 0.3) is 0 Å². The van der Waals surface area contributed by atoms with Gasteiger partial charge in [0.25, 0.3) is 0 Å². The lowest BCUT2D eigenvalue weighted by atomic mass is 9.93. The van der Waals surface area contributed by atoms with E-state index in [-0.39, 0.29) is 12.4 Å². The zero-order chi connectivity index (χ0) is 7.84. The fraction of sp³-hybridized carbons (Fsp3) is 1.00. The summed E-state index contributed by atoms with van der Waals surface area (Å²) in [6.45, 7) is 0. The molecule has 0 aromatic rings. The van der Waals surface area contributed by atoms with Crippen LogP contribution in [-0.2, 0) is 0 Å². The molecule has 0 spiro atoms. The van der Waals surface area contributed by atoms with Gasteiger partial charge in [0, 0.05) is 18.0 Å². The molecule has 2 aliphatic heterocycles. The fourth-order valence-corrected chi connectivity index (χ4v) is 2.90. The first-order chi connectivity index (χ1) is 5.31. The highest BCUT2D eigenvalue weighted by atomic mass is 35.5. The fourth-order valence-electron chi connectivity index (χ4n) is 2.65. The summed E-state index contributed by atoms with van der Waals surface area (Å²) < 4.78 is 0. The Morgan fingerprint density at radius 3 is 2.17 bits per heavy atom. The lowest BCUT2D eigenvalue weighted by Crippen LogP contribution is -2.40. The van der Waals surface area contributed by atoms with Crippen LogP contribution in [0.15, 0.2) is 0 Å². The molecule has 0 aromatic heterocycles. The van der Waals surface area contributed by atoms with Gasteiger partial charge in [-0.3, -0.25) is 0 Å². The van der Waals surface area contributed by atoms with Crippen LogP contribution in [0.5, 0.6) is 0 Å². The third kappa shape index (κ3) is 1.73. The summed E-state index contributed by atoms with van der Waals surface area (Å²) in [7, 11) is 2.27. The SMILES string of the molecule is CN1C2CCC1CC(CCl)C2.Cl. The van der Waals surface area contributed by atoms with Crippen molar-refractivity contribution in [3.8, 4) is 0 Å². The molecule has 0 saturated carbocycles. The summed E-state index contributed by atoms with van der Waals surface area (Å²) in [6.07, 6.45) is 5.51. The molecular formula is C9H17Cl2N. The largest absolute Gasteiger partial charge is 0.300 e.